The molecule has 0 saturated heterocycles. The molecule has 1 radical (unpaired) electrons. The molecule has 0 aliphatic heterocycles. The number of nitrogens with zero attached hydrogens (tertiary/aromatic N) is 3. The number of aliphatic hydroxyl groups excluding tert-OH is 1. The molecule has 2 aromatic carbocycles. The zero-order chi connectivity index (χ0) is 35.4. The molecule has 5 aromatic rings. The minimum atomic E-state index is -0.0327. The number of carbonyl (C=O) groups is 1. The number of carbonyl (C=O) groups excluding carboxylic acids is 1. The number of benzene rings is 2. The molecule has 3 aromatic heterocycles. The van der Waals surface area contributed by atoms with E-state index >= 15 is 0 Å². The Morgan fingerprint density at radius 1 is 0.898 bits per heavy atom. The molecule has 0 atom stereocenters. The third-order valence-corrected chi connectivity index (χ3v) is 11.5. The summed E-state index contributed by atoms with van der Waals surface area (Å²) in [5.74, 6) is 0.547. The first-order valence-corrected chi connectivity index (χ1v) is 19.3. The quantitative estimate of drug-likeness (QED) is 0.0690. The van der Waals surface area contributed by atoms with Crippen LogP contribution in [0.2, 0.25) is 0 Å². The van der Waals surface area contributed by atoms with Crippen molar-refractivity contribution in [2.45, 2.75) is 114 Å². The standard InChI is InChI=1S/C29H30N3Se.C13H24O2.Ir/c1-17-8-10-19-13-20(14-22(24(19)32-17)29(5,6)7)25-27-26(31-16-30-25)21-11-9-18(12-23(21)33-27)15-28(2,3)4;1-5-10(6-2)12(14)9-13(15)11(7-3)8-4;/h8-12,14,16H,15H2,1-7H3;9-11,14H,5-8H2,1-4H3;/q-1;;/b;12-9-;. The van der Waals surface area contributed by atoms with Gasteiger partial charge in [-0.1, -0.05) is 27.7 Å². The molecular formula is C42H54IrN3O2Se-. The van der Waals surface area contributed by atoms with Gasteiger partial charge in [0.15, 0.2) is 5.78 Å². The smallest absolute Gasteiger partial charge is 0 e. The molecule has 5 rings (SSSR count). The Kier molecular flexibility index (Phi) is 14.1. The summed E-state index contributed by atoms with van der Waals surface area (Å²) in [4.78, 5) is 26.1. The second-order valence-electron chi connectivity index (χ2n) is 15.3. The molecule has 0 aliphatic carbocycles. The fraction of sp³-hybridized carbons (Fsp3) is 0.476. The second-order valence-corrected chi connectivity index (χ2v) is 17.5. The summed E-state index contributed by atoms with van der Waals surface area (Å²) in [7, 11) is 0. The van der Waals surface area contributed by atoms with Crippen LogP contribution in [0.25, 0.3) is 41.6 Å². The van der Waals surface area contributed by atoms with Crippen molar-refractivity contribution in [2.75, 3.05) is 0 Å². The first kappa shape index (κ1) is 40.7. The Hall–Kier alpha value is -2.69. The van der Waals surface area contributed by atoms with Gasteiger partial charge in [-0.2, -0.15) is 0 Å². The van der Waals surface area contributed by atoms with Crippen molar-refractivity contribution in [1.82, 2.24) is 15.0 Å². The van der Waals surface area contributed by atoms with Gasteiger partial charge in [0.1, 0.15) is 0 Å². The van der Waals surface area contributed by atoms with E-state index in [2.05, 4.69) is 84.0 Å². The monoisotopic (exact) mass is 905 g/mol. The maximum atomic E-state index is 11.7. The molecule has 0 spiro atoms. The van der Waals surface area contributed by atoms with Crippen LogP contribution in [0.5, 0.6) is 0 Å². The van der Waals surface area contributed by atoms with Crippen LogP contribution in [0.3, 0.4) is 0 Å². The molecule has 265 valence electrons. The number of hydrogen-bond acceptors (Lipinski definition) is 5. The van der Waals surface area contributed by atoms with Crippen molar-refractivity contribution in [3.63, 3.8) is 0 Å². The van der Waals surface area contributed by atoms with E-state index < -0.39 is 0 Å². The van der Waals surface area contributed by atoms with Gasteiger partial charge in [0.2, 0.25) is 0 Å². The SMILES string of the molecule is CCC(CC)C(=O)/C=C(\O)C(CC)CC.Cc1ccc2[c-]c(-c3ncnc4c3[se]c3cc(CC(C)(C)C)ccc34)cc(C(C)(C)C)c2n1.[Ir]. The third kappa shape index (κ3) is 9.97. The van der Waals surface area contributed by atoms with E-state index in [1.807, 2.05) is 34.6 Å². The van der Waals surface area contributed by atoms with Crippen molar-refractivity contribution in [2.24, 2.45) is 17.3 Å². The van der Waals surface area contributed by atoms with Crippen molar-refractivity contribution in [3.05, 3.63) is 77.4 Å². The van der Waals surface area contributed by atoms with E-state index in [-0.39, 0.29) is 68.8 Å². The number of aryl methyl sites for hydroxylation is 1. The van der Waals surface area contributed by atoms with Crippen LogP contribution in [0.1, 0.15) is 112 Å². The molecule has 0 saturated carbocycles. The predicted molar refractivity (Wildman–Crippen MR) is 204 cm³/mol. The molecule has 0 amide bonds. The average Bonchev–Trinajstić information content (AvgIpc) is 3.38. The van der Waals surface area contributed by atoms with Gasteiger partial charge in [0, 0.05) is 38.0 Å². The van der Waals surface area contributed by atoms with Crippen molar-refractivity contribution >= 4 is 50.6 Å². The Morgan fingerprint density at radius 2 is 1.55 bits per heavy atom. The number of fused-ring (bicyclic) bond motifs is 4. The number of allylic oxidation sites excluding steroid dienone is 2. The number of rotatable bonds is 9. The van der Waals surface area contributed by atoms with Gasteiger partial charge < -0.3 is 5.11 Å². The Bertz CT molecular complexity index is 1920. The van der Waals surface area contributed by atoms with Crippen LogP contribution in [0, 0.1) is 30.2 Å². The summed E-state index contributed by atoms with van der Waals surface area (Å²) in [6.45, 7) is 23.7. The summed E-state index contributed by atoms with van der Waals surface area (Å²) >= 11 is 0.172. The molecule has 0 unspecified atom stereocenters. The van der Waals surface area contributed by atoms with E-state index in [1.165, 1.54) is 31.1 Å². The predicted octanol–water partition coefficient (Wildman–Crippen LogP) is 10.9. The normalized spacial score (nSPS) is 12.5. The van der Waals surface area contributed by atoms with Gasteiger partial charge in [-0.25, -0.2) is 0 Å². The fourth-order valence-corrected chi connectivity index (χ4v) is 8.84. The van der Waals surface area contributed by atoms with E-state index in [9.17, 15) is 9.90 Å². The van der Waals surface area contributed by atoms with Crippen molar-refractivity contribution in [1.29, 1.82) is 0 Å². The summed E-state index contributed by atoms with van der Waals surface area (Å²) in [6, 6.07) is 17.0. The topological polar surface area (TPSA) is 76.0 Å². The molecule has 49 heavy (non-hydrogen) atoms. The Morgan fingerprint density at radius 3 is 2.14 bits per heavy atom. The van der Waals surface area contributed by atoms with E-state index in [1.54, 1.807) is 6.33 Å². The fourth-order valence-electron chi connectivity index (χ4n) is 6.27. The number of aromatic nitrogens is 3. The van der Waals surface area contributed by atoms with Gasteiger partial charge in [0.25, 0.3) is 0 Å². The molecular weight excluding hydrogens is 850 g/mol. The van der Waals surface area contributed by atoms with Crippen LogP contribution in [-0.2, 0) is 36.7 Å². The number of hydrogen-bond donors (Lipinski definition) is 1. The van der Waals surface area contributed by atoms with Gasteiger partial charge in [-0.05, 0) is 25.7 Å². The zero-order valence-corrected chi connectivity index (χ0v) is 35.4. The van der Waals surface area contributed by atoms with E-state index in [0.29, 0.717) is 0 Å². The second kappa shape index (κ2) is 17.0. The Labute approximate surface area is 313 Å². The molecule has 0 aliphatic rings. The maximum Gasteiger partial charge on any atom is 0 e. The summed E-state index contributed by atoms with van der Waals surface area (Å²) in [5, 5.41) is 12.1. The van der Waals surface area contributed by atoms with Crippen LogP contribution in [0.15, 0.2) is 54.6 Å². The molecule has 0 bridgehead atoms. The summed E-state index contributed by atoms with van der Waals surface area (Å²) in [6.07, 6.45) is 7.69. The molecule has 0 fully saturated rings. The summed E-state index contributed by atoms with van der Waals surface area (Å²) in [5.41, 5.74) is 8.09. The van der Waals surface area contributed by atoms with Crippen molar-refractivity contribution in [3.8, 4) is 11.3 Å². The first-order chi connectivity index (χ1) is 22.6. The van der Waals surface area contributed by atoms with E-state index in [0.717, 1.165) is 65.5 Å². The molecule has 3 heterocycles. The van der Waals surface area contributed by atoms with Crippen LogP contribution >= 0.6 is 0 Å². The van der Waals surface area contributed by atoms with E-state index in [4.69, 9.17) is 15.0 Å². The first-order valence-electron chi connectivity index (χ1n) is 17.5. The van der Waals surface area contributed by atoms with Gasteiger partial charge in [-0.15, -0.1) is 0 Å². The van der Waals surface area contributed by atoms with Crippen LogP contribution in [-0.4, -0.2) is 40.3 Å². The minimum Gasteiger partial charge on any atom is 0 e. The number of pyridine rings is 1. The van der Waals surface area contributed by atoms with Crippen molar-refractivity contribution < 1.29 is 30.0 Å². The van der Waals surface area contributed by atoms with Gasteiger partial charge >= 0.3 is 202 Å². The zero-order valence-electron chi connectivity index (χ0n) is 31.2. The average molecular weight is 904 g/mol. The number of aliphatic hydroxyl groups is 1. The molecule has 7 heteroatoms. The molecule has 5 nitrogen and oxygen atoms in total. The largest absolute Gasteiger partial charge is 0 e. The van der Waals surface area contributed by atoms with Crippen LogP contribution in [0.4, 0.5) is 0 Å². The maximum absolute atomic E-state index is 11.7. The summed E-state index contributed by atoms with van der Waals surface area (Å²) < 4.78 is 2.68. The number of ketones is 1. The van der Waals surface area contributed by atoms with Gasteiger partial charge in [-0.3, -0.25) is 4.79 Å². The minimum absolute atomic E-state index is 0. The molecule has 1 N–H and O–H groups in total. The van der Waals surface area contributed by atoms with Gasteiger partial charge in [0.05, 0.1) is 5.76 Å². The third-order valence-electron chi connectivity index (χ3n) is 9.04. The van der Waals surface area contributed by atoms with Crippen LogP contribution < -0.4 is 0 Å². The Balaban J connectivity index is 0.000000347.